The van der Waals surface area contributed by atoms with E-state index in [-0.39, 0.29) is 18.5 Å². The minimum atomic E-state index is -0.939. The highest BCUT2D eigenvalue weighted by atomic mass is 16.4. The molecule has 2 atom stereocenters. The second-order valence-electron chi connectivity index (χ2n) is 3.91. The SMILES string of the molecule is CCC(CC(=O)O)NC(=O)NC(C)c1ncn[nH]1. The smallest absolute Gasteiger partial charge is 0.315 e. The maximum Gasteiger partial charge on any atom is 0.315 e. The van der Waals surface area contributed by atoms with E-state index in [2.05, 4.69) is 25.8 Å². The molecule has 0 saturated heterocycles. The van der Waals surface area contributed by atoms with E-state index in [9.17, 15) is 9.59 Å². The fraction of sp³-hybridized carbons (Fsp3) is 0.600. The number of carbonyl (C=O) groups excluding carboxylic acids is 1. The number of aromatic nitrogens is 3. The number of carbonyl (C=O) groups is 2. The highest BCUT2D eigenvalue weighted by Gasteiger charge is 2.16. The van der Waals surface area contributed by atoms with Crippen molar-refractivity contribution in [2.75, 3.05) is 0 Å². The molecule has 0 aromatic carbocycles. The molecular formula is C10H17N5O3. The lowest BCUT2D eigenvalue weighted by molar-refractivity contribution is -0.137. The summed E-state index contributed by atoms with van der Waals surface area (Å²) in [6.07, 6.45) is 1.81. The normalized spacial score (nSPS) is 13.7. The van der Waals surface area contributed by atoms with Gasteiger partial charge in [-0.15, -0.1) is 0 Å². The highest BCUT2D eigenvalue weighted by Crippen LogP contribution is 2.04. The van der Waals surface area contributed by atoms with Crippen LogP contribution in [-0.4, -0.2) is 38.3 Å². The summed E-state index contributed by atoms with van der Waals surface area (Å²) in [6, 6.07) is -1.13. The molecule has 1 heterocycles. The molecule has 2 unspecified atom stereocenters. The fourth-order valence-electron chi connectivity index (χ4n) is 1.42. The third-order valence-electron chi connectivity index (χ3n) is 2.44. The molecule has 0 aliphatic carbocycles. The third kappa shape index (κ3) is 4.40. The molecule has 100 valence electrons. The average molecular weight is 255 g/mol. The Balaban J connectivity index is 2.43. The van der Waals surface area contributed by atoms with E-state index in [4.69, 9.17) is 5.11 Å². The summed E-state index contributed by atoms with van der Waals surface area (Å²) in [5, 5.41) is 20.2. The van der Waals surface area contributed by atoms with Gasteiger partial charge in [0.1, 0.15) is 12.2 Å². The number of nitrogens with zero attached hydrogens (tertiary/aromatic N) is 2. The van der Waals surface area contributed by atoms with Gasteiger partial charge in [0, 0.05) is 6.04 Å². The molecule has 0 aliphatic heterocycles. The van der Waals surface area contributed by atoms with Gasteiger partial charge < -0.3 is 15.7 Å². The Kier molecular flexibility index (Phi) is 5.09. The van der Waals surface area contributed by atoms with Gasteiger partial charge >= 0.3 is 12.0 Å². The fourth-order valence-corrected chi connectivity index (χ4v) is 1.42. The van der Waals surface area contributed by atoms with Crippen LogP contribution < -0.4 is 10.6 Å². The van der Waals surface area contributed by atoms with Gasteiger partial charge in [-0.2, -0.15) is 5.10 Å². The van der Waals surface area contributed by atoms with E-state index < -0.39 is 12.0 Å². The number of H-pyrrole nitrogens is 1. The summed E-state index contributed by atoms with van der Waals surface area (Å²) in [5.74, 6) is -0.401. The van der Waals surface area contributed by atoms with Crippen LogP contribution in [-0.2, 0) is 4.79 Å². The van der Waals surface area contributed by atoms with Crippen molar-refractivity contribution in [1.82, 2.24) is 25.8 Å². The van der Waals surface area contributed by atoms with Crippen molar-refractivity contribution in [2.45, 2.75) is 38.8 Å². The molecule has 1 aromatic rings. The number of carboxylic acids is 1. The van der Waals surface area contributed by atoms with Gasteiger partial charge in [-0.25, -0.2) is 9.78 Å². The molecular weight excluding hydrogens is 238 g/mol. The van der Waals surface area contributed by atoms with Gasteiger partial charge in [0.15, 0.2) is 0 Å². The Labute approximate surface area is 104 Å². The van der Waals surface area contributed by atoms with Gasteiger partial charge in [-0.3, -0.25) is 9.89 Å². The standard InChI is InChI=1S/C10H17N5O3/c1-3-7(4-8(16)17)14-10(18)13-6(2)9-11-5-12-15-9/h5-7H,3-4H2,1-2H3,(H,16,17)(H,11,12,15)(H2,13,14,18). The Morgan fingerprint density at radius 2 is 2.22 bits per heavy atom. The predicted molar refractivity (Wildman–Crippen MR) is 62.8 cm³/mol. The zero-order valence-electron chi connectivity index (χ0n) is 10.3. The van der Waals surface area contributed by atoms with E-state index >= 15 is 0 Å². The minimum absolute atomic E-state index is 0.0966. The Morgan fingerprint density at radius 1 is 1.50 bits per heavy atom. The van der Waals surface area contributed by atoms with Crippen LogP contribution in [0.15, 0.2) is 6.33 Å². The summed E-state index contributed by atoms with van der Waals surface area (Å²) in [5.41, 5.74) is 0. The van der Waals surface area contributed by atoms with E-state index in [0.29, 0.717) is 12.2 Å². The summed E-state index contributed by atoms with van der Waals surface area (Å²) in [6.45, 7) is 3.56. The molecule has 0 spiro atoms. The average Bonchev–Trinajstić information content (AvgIpc) is 2.80. The molecule has 1 aromatic heterocycles. The number of aliphatic carboxylic acids is 1. The first-order chi connectivity index (χ1) is 8.52. The number of hydrogen-bond donors (Lipinski definition) is 4. The number of carboxylic acid groups (broad SMARTS) is 1. The maximum absolute atomic E-state index is 11.6. The number of nitrogens with one attached hydrogen (secondary N) is 3. The molecule has 0 radical (unpaired) electrons. The van der Waals surface area contributed by atoms with Gasteiger partial charge in [0.25, 0.3) is 0 Å². The first-order valence-corrected chi connectivity index (χ1v) is 5.67. The van der Waals surface area contributed by atoms with Gasteiger partial charge in [-0.1, -0.05) is 6.92 Å². The van der Waals surface area contributed by atoms with Crippen molar-refractivity contribution in [3.8, 4) is 0 Å². The van der Waals surface area contributed by atoms with Crippen molar-refractivity contribution in [3.05, 3.63) is 12.2 Å². The Hall–Kier alpha value is -2.12. The molecule has 0 bridgehead atoms. The largest absolute Gasteiger partial charge is 0.481 e. The molecule has 2 amide bonds. The molecule has 1 rings (SSSR count). The van der Waals surface area contributed by atoms with Crippen molar-refractivity contribution in [1.29, 1.82) is 0 Å². The summed E-state index contributed by atoms with van der Waals surface area (Å²) < 4.78 is 0. The topological polar surface area (TPSA) is 120 Å². The number of urea groups is 1. The highest BCUT2D eigenvalue weighted by molar-refractivity contribution is 5.76. The lowest BCUT2D eigenvalue weighted by atomic mass is 10.1. The molecule has 0 aliphatic rings. The van der Waals surface area contributed by atoms with Crippen LogP contribution in [0.2, 0.25) is 0 Å². The van der Waals surface area contributed by atoms with Crippen LogP contribution >= 0.6 is 0 Å². The van der Waals surface area contributed by atoms with Crippen molar-refractivity contribution in [2.24, 2.45) is 0 Å². The maximum atomic E-state index is 11.6. The number of rotatable bonds is 6. The van der Waals surface area contributed by atoms with Crippen LogP contribution in [0, 0.1) is 0 Å². The predicted octanol–water partition coefficient (Wildman–Crippen LogP) is 0.418. The summed E-state index contributed by atoms with van der Waals surface area (Å²) in [4.78, 5) is 26.1. The second-order valence-corrected chi connectivity index (χ2v) is 3.91. The lowest BCUT2D eigenvalue weighted by Gasteiger charge is -2.17. The zero-order chi connectivity index (χ0) is 13.5. The van der Waals surface area contributed by atoms with Crippen molar-refractivity contribution < 1.29 is 14.7 Å². The summed E-state index contributed by atoms with van der Waals surface area (Å²) >= 11 is 0. The van der Waals surface area contributed by atoms with E-state index in [0.717, 1.165) is 0 Å². The molecule has 4 N–H and O–H groups in total. The van der Waals surface area contributed by atoms with Crippen LogP contribution in [0.25, 0.3) is 0 Å². The zero-order valence-corrected chi connectivity index (χ0v) is 10.3. The van der Waals surface area contributed by atoms with Crippen molar-refractivity contribution >= 4 is 12.0 Å². The number of amides is 2. The van der Waals surface area contributed by atoms with Gasteiger partial charge in [0.05, 0.1) is 12.5 Å². The second kappa shape index (κ2) is 6.58. The van der Waals surface area contributed by atoms with E-state index in [1.54, 1.807) is 6.92 Å². The number of aromatic amines is 1. The summed E-state index contributed by atoms with van der Waals surface area (Å²) in [7, 11) is 0. The van der Waals surface area contributed by atoms with Gasteiger partial charge in [0.2, 0.25) is 0 Å². The monoisotopic (exact) mass is 255 g/mol. The quantitative estimate of drug-likeness (QED) is 0.587. The Bertz CT molecular complexity index is 392. The van der Waals surface area contributed by atoms with Crippen LogP contribution in [0.1, 0.15) is 38.6 Å². The molecule has 0 saturated carbocycles. The van der Waals surface area contributed by atoms with Gasteiger partial charge in [-0.05, 0) is 13.3 Å². The molecule has 0 fully saturated rings. The Morgan fingerprint density at radius 3 is 2.72 bits per heavy atom. The van der Waals surface area contributed by atoms with E-state index in [1.165, 1.54) is 6.33 Å². The minimum Gasteiger partial charge on any atom is -0.481 e. The van der Waals surface area contributed by atoms with E-state index in [1.807, 2.05) is 6.92 Å². The first kappa shape index (κ1) is 13.9. The van der Waals surface area contributed by atoms with Crippen LogP contribution in [0.3, 0.4) is 0 Å². The van der Waals surface area contributed by atoms with Crippen LogP contribution in [0.5, 0.6) is 0 Å². The lowest BCUT2D eigenvalue weighted by Crippen LogP contribution is -2.43. The molecule has 8 nitrogen and oxygen atoms in total. The van der Waals surface area contributed by atoms with Crippen LogP contribution in [0.4, 0.5) is 4.79 Å². The molecule has 8 heteroatoms. The molecule has 18 heavy (non-hydrogen) atoms. The van der Waals surface area contributed by atoms with Crippen molar-refractivity contribution in [3.63, 3.8) is 0 Å². The third-order valence-corrected chi connectivity index (χ3v) is 2.44. The number of hydrogen-bond acceptors (Lipinski definition) is 4. The first-order valence-electron chi connectivity index (χ1n) is 5.67.